The smallest absolute Gasteiger partial charge is 0.267 e. The summed E-state index contributed by atoms with van der Waals surface area (Å²) >= 11 is 0. The first-order valence-corrected chi connectivity index (χ1v) is 7.01. The van der Waals surface area contributed by atoms with Gasteiger partial charge in [-0.05, 0) is 37.6 Å². The van der Waals surface area contributed by atoms with E-state index in [1.165, 1.54) is 13.1 Å². The third-order valence-electron chi connectivity index (χ3n) is 2.89. The standard InChI is InChI=1S/C16H18N4O3/c1-12(22)13-3-5-15(6-4-13)20-16(23)14(9-17)10-18-7-2-8-19-11-21/h3-6,10-11,18H,2,7-8H2,1H3,(H,19,21)(H,20,23)/b14-10-. The van der Waals surface area contributed by atoms with Gasteiger partial charge in [0.2, 0.25) is 6.41 Å². The molecule has 0 unspecified atom stereocenters. The van der Waals surface area contributed by atoms with Crippen LogP contribution in [-0.2, 0) is 9.59 Å². The number of carbonyl (C=O) groups is 3. The first-order chi connectivity index (χ1) is 11.1. The number of hydrogen-bond donors (Lipinski definition) is 3. The number of nitriles is 1. The number of benzene rings is 1. The van der Waals surface area contributed by atoms with Crippen molar-refractivity contribution in [3.63, 3.8) is 0 Å². The van der Waals surface area contributed by atoms with Crippen molar-refractivity contribution in [2.45, 2.75) is 13.3 Å². The average molecular weight is 314 g/mol. The Bertz CT molecular complexity index is 630. The second-order valence-electron chi connectivity index (χ2n) is 4.64. The minimum absolute atomic E-state index is 0.0613. The first kappa shape index (κ1) is 17.9. The second-order valence-corrected chi connectivity index (χ2v) is 4.64. The Morgan fingerprint density at radius 3 is 2.39 bits per heavy atom. The molecular weight excluding hydrogens is 296 g/mol. The molecule has 0 saturated carbocycles. The molecule has 23 heavy (non-hydrogen) atoms. The van der Waals surface area contributed by atoms with Crippen LogP contribution in [0.4, 0.5) is 5.69 Å². The van der Waals surface area contributed by atoms with Gasteiger partial charge in [0.25, 0.3) is 5.91 Å². The topological polar surface area (TPSA) is 111 Å². The lowest BCUT2D eigenvalue weighted by atomic mass is 10.1. The Balaban J connectivity index is 2.54. The van der Waals surface area contributed by atoms with Gasteiger partial charge >= 0.3 is 0 Å². The number of hydrogen-bond acceptors (Lipinski definition) is 5. The molecule has 0 aromatic heterocycles. The van der Waals surface area contributed by atoms with E-state index in [4.69, 9.17) is 5.26 Å². The third-order valence-corrected chi connectivity index (χ3v) is 2.89. The summed E-state index contributed by atoms with van der Waals surface area (Å²) in [7, 11) is 0. The van der Waals surface area contributed by atoms with Gasteiger partial charge in [0.15, 0.2) is 5.78 Å². The van der Waals surface area contributed by atoms with Crippen molar-refractivity contribution in [3.05, 3.63) is 41.6 Å². The fraction of sp³-hybridized carbons (Fsp3) is 0.250. The number of nitrogens with one attached hydrogen (secondary N) is 3. The van der Waals surface area contributed by atoms with E-state index in [-0.39, 0.29) is 11.4 Å². The molecule has 7 heteroatoms. The highest BCUT2D eigenvalue weighted by atomic mass is 16.2. The van der Waals surface area contributed by atoms with Gasteiger partial charge in [0, 0.05) is 30.5 Å². The van der Waals surface area contributed by atoms with Gasteiger partial charge in [0.1, 0.15) is 11.6 Å². The van der Waals surface area contributed by atoms with Crippen LogP contribution in [0, 0.1) is 11.3 Å². The summed E-state index contributed by atoms with van der Waals surface area (Å²) in [4.78, 5) is 33.2. The molecule has 0 fully saturated rings. The largest absolute Gasteiger partial charge is 0.390 e. The maximum atomic E-state index is 12.0. The summed E-state index contributed by atoms with van der Waals surface area (Å²) in [6.07, 6.45) is 2.61. The summed E-state index contributed by atoms with van der Waals surface area (Å²) in [6.45, 7) is 2.49. The molecule has 7 nitrogen and oxygen atoms in total. The van der Waals surface area contributed by atoms with Crippen LogP contribution in [0.2, 0.25) is 0 Å². The predicted molar refractivity (Wildman–Crippen MR) is 85.5 cm³/mol. The summed E-state index contributed by atoms with van der Waals surface area (Å²) in [5.74, 6) is -0.602. The first-order valence-electron chi connectivity index (χ1n) is 7.01. The van der Waals surface area contributed by atoms with Crippen LogP contribution >= 0.6 is 0 Å². The van der Waals surface area contributed by atoms with Gasteiger partial charge in [-0.2, -0.15) is 5.26 Å². The van der Waals surface area contributed by atoms with Crippen molar-refractivity contribution < 1.29 is 14.4 Å². The minimum atomic E-state index is -0.540. The van der Waals surface area contributed by atoms with Crippen molar-refractivity contribution >= 4 is 23.8 Å². The maximum absolute atomic E-state index is 12.0. The highest BCUT2D eigenvalue weighted by Crippen LogP contribution is 2.11. The van der Waals surface area contributed by atoms with Crippen molar-refractivity contribution in [2.75, 3.05) is 18.4 Å². The van der Waals surface area contributed by atoms with E-state index in [0.29, 0.717) is 37.2 Å². The molecule has 1 rings (SSSR count). The Morgan fingerprint density at radius 2 is 1.83 bits per heavy atom. The van der Waals surface area contributed by atoms with E-state index in [9.17, 15) is 14.4 Å². The van der Waals surface area contributed by atoms with Crippen LogP contribution in [0.5, 0.6) is 0 Å². The predicted octanol–water partition coefficient (Wildman–Crippen LogP) is 0.961. The Hall–Kier alpha value is -3.14. The molecule has 0 aliphatic carbocycles. The minimum Gasteiger partial charge on any atom is -0.390 e. The number of Topliss-reactive ketones (excluding diaryl/α,β-unsaturated/α-hetero) is 1. The van der Waals surface area contributed by atoms with E-state index in [1.54, 1.807) is 24.3 Å². The average Bonchev–Trinajstić information content (AvgIpc) is 2.54. The second kappa shape index (κ2) is 9.73. The van der Waals surface area contributed by atoms with E-state index in [1.807, 2.05) is 6.07 Å². The number of amides is 2. The van der Waals surface area contributed by atoms with Gasteiger partial charge in [-0.15, -0.1) is 0 Å². The van der Waals surface area contributed by atoms with E-state index >= 15 is 0 Å². The van der Waals surface area contributed by atoms with Crippen molar-refractivity contribution in [3.8, 4) is 6.07 Å². The van der Waals surface area contributed by atoms with Crippen molar-refractivity contribution in [1.82, 2.24) is 10.6 Å². The van der Waals surface area contributed by atoms with Crippen molar-refractivity contribution in [1.29, 1.82) is 5.26 Å². The zero-order valence-electron chi connectivity index (χ0n) is 12.8. The molecule has 0 radical (unpaired) electrons. The fourth-order valence-electron chi connectivity index (χ4n) is 1.66. The summed E-state index contributed by atoms with van der Waals surface area (Å²) in [5.41, 5.74) is 0.977. The lowest BCUT2D eigenvalue weighted by Crippen LogP contribution is -2.20. The highest BCUT2D eigenvalue weighted by Gasteiger charge is 2.09. The molecule has 0 saturated heterocycles. The zero-order valence-corrected chi connectivity index (χ0v) is 12.8. The molecule has 3 N–H and O–H groups in total. The van der Waals surface area contributed by atoms with Crippen LogP contribution in [0.15, 0.2) is 36.0 Å². The van der Waals surface area contributed by atoms with E-state index in [2.05, 4.69) is 16.0 Å². The molecule has 1 aromatic carbocycles. The van der Waals surface area contributed by atoms with Crippen LogP contribution in [0.1, 0.15) is 23.7 Å². The Morgan fingerprint density at radius 1 is 1.17 bits per heavy atom. The third kappa shape index (κ3) is 6.44. The van der Waals surface area contributed by atoms with E-state index in [0.717, 1.165) is 0 Å². The lowest BCUT2D eigenvalue weighted by Gasteiger charge is -2.06. The van der Waals surface area contributed by atoms with Crippen LogP contribution in [-0.4, -0.2) is 31.2 Å². The summed E-state index contributed by atoms with van der Waals surface area (Å²) < 4.78 is 0. The maximum Gasteiger partial charge on any atom is 0.267 e. The molecule has 0 atom stereocenters. The molecule has 0 aliphatic heterocycles. The van der Waals surface area contributed by atoms with Crippen LogP contribution in [0.3, 0.4) is 0 Å². The normalized spacial score (nSPS) is 10.3. The van der Waals surface area contributed by atoms with Crippen LogP contribution in [0.25, 0.3) is 0 Å². The molecular formula is C16H18N4O3. The quantitative estimate of drug-likeness (QED) is 0.207. The summed E-state index contributed by atoms with van der Waals surface area (Å²) in [5, 5.41) is 16.9. The lowest BCUT2D eigenvalue weighted by molar-refractivity contribution is -0.112. The van der Waals surface area contributed by atoms with Crippen LogP contribution < -0.4 is 16.0 Å². The number of anilines is 1. The number of ketones is 1. The Kier molecular flexibility index (Phi) is 7.58. The number of carbonyl (C=O) groups excluding carboxylic acids is 3. The molecule has 0 heterocycles. The molecule has 2 amide bonds. The molecule has 120 valence electrons. The molecule has 0 bridgehead atoms. The zero-order chi connectivity index (χ0) is 17.1. The van der Waals surface area contributed by atoms with E-state index < -0.39 is 5.91 Å². The fourth-order valence-corrected chi connectivity index (χ4v) is 1.66. The highest BCUT2D eigenvalue weighted by molar-refractivity contribution is 6.06. The van der Waals surface area contributed by atoms with Gasteiger partial charge in [0.05, 0.1) is 0 Å². The monoisotopic (exact) mass is 314 g/mol. The van der Waals surface area contributed by atoms with Gasteiger partial charge in [-0.3, -0.25) is 14.4 Å². The number of nitrogens with zero attached hydrogens (tertiary/aromatic N) is 1. The van der Waals surface area contributed by atoms with Gasteiger partial charge in [-0.1, -0.05) is 0 Å². The number of rotatable bonds is 9. The summed E-state index contributed by atoms with van der Waals surface area (Å²) in [6, 6.07) is 8.22. The Labute approximate surface area is 134 Å². The van der Waals surface area contributed by atoms with Crippen molar-refractivity contribution in [2.24, 2.45) is 0 Å². The molecule has 1 aromatic rings. The molecule has 0 spiro atoms. The molecule has 0 aliphatic rings. The SMILES string of the molecule is CC(=O)c1ccc(NC(=O)/C(C#N)=C\NCCCNC=O)cc1. The van der Waals surface area contributed by atoms with Gasteiger partial charge < -0.3 is 16.0 Å². The van der Waals surface area contributed by atoms with Gasteiger partial charge in [-0.25, -0.2) is 0 Å².